The van der Waals surface area contributed by atoms with Crippen LogP contribution in [0.5, 0.6) is 23.0 Å². The van der Waals surface area contributed by atoms with Gasteiger partial charge in [0, 0.05) is 12.2 Å². The lowest BCUT2D eigenvalue weighted by atomic mass is 10.2. The summed E-state index contributed by atoms with van der Waals surface area (Å²) in [6, 6.07) is 7.14. The summed E-state index contributed by atoms with van der Waals surface area (Å²) >= 11 is 0. The minimum Gasteiger partial charge on any atom is -0.504 e. The zero-order valence-electron chi connectivity index (χ0n) is 17.1. The van der Waals surface area contributed by atoms with Gasteiger partial charge >= 0.3 is 23.9 Å². The maximum atomic E-state index is 11.8. The van der Waals surface area contributed by atoms with Crippen LogP contribution in [0.1, 0.15) is 11.1 Å². The minimum absolute atomic E-state index is 0.248. The van der Waals surface area contributed by atoms with Crippen molar-refractivity contribution in [2.45, 2.75) is 12.2 Å². The van der Waals surface area contributed by atoms with Gasteiger partial charge in [0.05, 0.1) is 0 Å². The van der Waals surface area contributed by atoms with Gasteiger partial charge in [0.15, 0.2) is 35.2 Å². The Morgan fingerprint density at radius 3 is 1.29 bits per heavy atom. The molecule has 12 heteroatoms. The second-order valence-corrected chi connectivity index (χ2v) is 6.53. The number of aliphatic hydroxyl groups is 2. The fourth-order valence-corrected chi connectivity index (χ4v) is 2.26. The fourth-order valence-electron chi connectivity index (χ4n) is 2.26. The lowest BCUT2D eigenvalue weighted by Crippen LogP contribution is -2.42. The molecular weight excluding hydrogens is 456 g/mol. The van der Waals surface area contributed by atoms with Crippen molar-refractivity contribution in [1.82, 2.24) is 0 Å². The van der Waals surface area contributed by atoms with Gasteiger partial charge in [0.25, 0.3) is 0 Å². The topological polar surface area (TPSA) is 208 Å². The maximum Gasteiger partial charge on any atom is 0.346 e. The van der Waals surface area contributed by atoms with E-state index in [9.17, 15) is 49.8 Å². The van der Waals surface area contributed by atoms with Crippen LogP contribution in [-0.2, 0) is 28.7 Å². The molecule has 12 nitrogen and oxygen atoms in total. The molecule has 6 N–H and O–H groups in total. The fraction of sp³-hybridized carbons (Fsp3) is 0.0909. The van der Waals surface area contributed by atoms with Gasteiger partial charge in [-0.1, -0.05) is 12.1 Å². The van der Waals surface area contributed by atoms with Crippen LogP contribution in [0.15, 0.2) is 48.6 Å². The van der Waals surface area contributed by atoms with Crippen LogP contribution in [0.25, 0.3) is 12.2 Å². The summed E-state index contributed by atoms with van der Waals surface area (Å²) in [5.74, 6) is -7.74. The molecule has 0 saturated carbocycles. The smallest absolute Gasteiger partial charge is 0.346 e. The van der Waals surface area contributed by atoms with Crippen molar-refractivity contribution in [2.75, 3.05) is 0 Å². The molecule has 2 unspecified atom stereocenters. The van der Waals surface area contributed by atoms with Crippen molar-refractivity contribution in [1.29, 1.82) is 0 Å². The van der Waals surface area contributed by atoms with Crippen LogP contribution in [0.4, 0.5) is 0 Å². The monoisotopic (exact) mass is 474 g/mol. The van der Waals surface area contributed by atoms with E-state index in [0.717, 1.165) is 48.6 Å². The minimum atomic E-state index is -2.56. The molecule has 0 fully saturated rings. The largest absolute Gasteiger partial charge is 0.504 e. The Hall–Kier alpha value is -4.68. The van der Waals surface area contributed by atoms with Gasteiger partial charge in [-0.2, -0.15) is 0 Å². The Kier molecular flexibility index (Phi) is 8.47. The van der Waals surface area contributed by atoms with Gasteiger partial charge < -0.3 is 40.1 Å². The van der Waals surface area contributed by atoms with Gasteiger partial charge in [0.1, 0.15) is 0 Å². The third-order valence-electron chi connectivity index (χ3n) is 4.01. The Labute approximate surface area is 190 Å². The van der Waals surface area contributed by atoms with E-state index in [0.29, 0.717) is 0 Å². The quantitative estimate of drug-likeness (QED) is 0.137. The SMILES string of the molecule is O=C(C=Cc1ccc(O)c(O)c1)OC(=O)C(O)C(O)C(=O)OC(=O)C=Cc1ccc(O)c(O)c1. The van der Waals surface area contributed by atoms with E-state index in [2.05, 4.69) is 9.47 Å². The van der Waals surface area contributed by atoms with E-state index < -0.39 is 59.1 Å². The number of esters is 4. The summed E-state index contributed by atoms with van der Waals surface area (Å²) in [6.45, 7) is 0. The molecule has 178 valence electrons. The number of carbonyl (C=O) groups excluding carboxylic acids is 4. The Morgan fingerprint density at radius 2 is 0.971 bits per heavy atom. The number of benzene rings is 2. The van der Waals surface area contributed by atoms with Crippen LogP contribution in [-0.4, -0.2) is 66.7 Å². The molecule has 0 bridgehead atoms. The number of phenolic OH excluding ortho intramolecular Hbond substituents is 4. The second-order valence-electron chi connectivity index (χ2n) is 6.53. The highest BCUT2D eigenvalue weighted by molar-refractivity contribution is 6.00. The third kappa shape index (κ3) is 7.19. The first-order chi connectivity index (χ1) is 16.0. The van der Waals surface area contributed by atoms with E-state index in [1.807, 2.05) is 0 Å². The predicted molar refractivity (Wildman–Crippen MR) is 112 cm³/mol. The Bertz CT molecular complexity index is 1070. The summed E-state index contributed by atoms with van der Waals surface area (Å²) in [5, 5.41) is 56.5. The van der Waals surface area contributed by atoms with Crippen molar-refractivity contribution >= 4 is 36.0 Å². The molecule has 2 atom stereocenters. The van der Waals surface area contributed by atoms with Crippen LogP contribution in [0, 0.1) is 0 Å². The zero-order chi connectivity index (χ0) is 25.4. The van der Waals surface area contributed by atoms with Gasteiger partial charge in [0.2, 0.25) is 0 Å². The summed E-state index contributed by atoms with van der Waals surface area (Å²) in [4.78, 5) is 46.9. The molecule has 0 radical (unpaired) electrons. The number of phenols is 4. The van der Waals surface area contributed by atoms with Crippen LogP contribution < -0.4 is 0 Å². The van der Waals surface area contributed by atoms with Gasteiger partial charge in [-0.15, -0.1) is 0 Å². The molecule has 0 aliphatic heterocycles. The summed E-state index contributed by atoms with van der Waals surface area (Å²) in [7, 11) is 0. The lowest BCUT2D eigenvalue weighted by Gasteiger charge is -2.13. The summed E-state index contributed by atoms with van der Waals surface area (Å²) in [6.07, 6.45) is -1.45. The maximum absolute atomic E-state index is 11.8. The average molecular weight is 474 g/mol. The number of hydrogen-bond donors (Lipinski definition) is 6. The van der Waals surface area contributed by atoms with Crippen molar-refractivity contribution in [3.63, 3.8) is 0 Å². The molecule has 2 aromatic carbocycles. The first-order valence-corrected chi connectivity index (χ1v) is 9.25. The van der Waals surface area contributed by atoms with Crippen molar-refractivity contribution in [2.24, 2.45) is 0 Å². The molecule has 0 aliphatic rings. The first kappa shape index (κ1) is 25.6. The van der Waals surface area contributed by atoms with Crippen LogP contribution in [0.2, 0.25) is 0 Å². The first-order valence-electron chi connectivity index (χ1n) is 9.25. The summed E-state index contributed by atoms with van der Waals surface area (Å²) in [5.41, 5.74) is 0.496. The second kappa shape index (κ2) is 11.3. The normalized spacial score (nSPS) is 12.9. The molecule has 2 aromatic rings. The van der Waals surface area contributed by atoms with Crippen molar-refractivity contribution in [3.05, 3.63) is 59.7 Å². The van der Waals surface area contributed by atoms with E-state index in [1.165, 1.54) is 12.1 Å². The van der Waals surface area contributed by atoms with E-state index >= 15 is 0 Å². The average Bonchev–Trinajstić information content (AvgIpc) is 2.79. The molecule has 0 heterocycles. The Balaban J connectivity index is 1.89. The Morgan fingerprint density at radius 1 is 0.618 bits per heavy atom. The van der Waals surface area contributed by atoms with Crippen molar-refractivity contribution in [3.8, 4) is 23.0 Å². The molecule has 0 saturated heterocycles. The third-order valence-corrected chi connectivity index (χ3v) is 4.01. The standard InChI is InChI=1S/C22H18O12/c23-13-5-1-11(9-15(13)25)3-7-17(27)33-21(31)19(29)20(30)22(32)34-18(28)8-4-12-2-6-14(24)16(26)10-12/h1-10,19-20,23-26,29-30H. The molecular formula is C22H18O12. The highest BCUT2D eigenvalue weighted by atomic mass is 16.6. The molecule has 34 heavy (non-hydrogen) atoms. The summed E-state index contributed by atoms with van der Waals surface area (Å²) < 4.78 is 8.51. The molecule has 0 amide bonds. The molecule has 0 spiro atoms. The number of hydrogen-bond acceptors (Lipinski definition) is 12. The molecule has 2 rings (SSSR count). The van der Waals surface area contributed by atoms with E-state index in [1.54, 1.807) is 0 Å². The predicted octanol–water partition coefficient (Wildman–Crippen LogP) is 0.0970. The van der Waals surface area contributed by atoms with Crippen LogP contribution >= 0.6 is 0 Å². The molecule has 0 aliphatic carbocycles. The number of ether oxygens (including phenoxy) is 2. The molecule has 0 aromatic heterocycles. The number of aliphatic hydroxyl groups excluding tert-OH is 2. The van der Waals surface area contributed by atoms with Crippen molar-refractivity contribution < 1.29 is 59.3 Å². The van der Waals surface area contributed by atoms with Gasteiger partial charge in [-0.3, -0.25) is 0 Å². The van der Waals surface area contributed by atoms with Gasteiger partial charge in [-0.05, 0) is 47.5 Å². The van der Waals surface area contributed by atoms with E-state index in [4.69, 9.17) is 0 Å². The zero-order valence-corrected chi connectivity index (χ0v) is 17.1. The van der Waals surface area contributed by atoms with E-state index in [-0.39, 0.29) is 11.1 Å². The van der Waals surface area contributed by atoms with Gasteiger partial charge in [-0.25, -0.2) is 19.2 Å². The highest BCUT2D eigenvalue weighted by Crippen LogP contribution is 2.26. The number of carbonyl (C=O) groups is 4. The lowest BCUT2D eigenvalue weighted by molar-refractivity contribution is -0.178. The number of rotatable bonds is 7. The highest BCUT2D eigenvalue weighted by Gasteiger charge is 2.34. The number of aromatic hydroxyl groups is 4. The van der Waals surface area contributed by atoms with Crippen LogP contribution in [0.3, 0.4) is 0 Å².